The molecule has 3 nitrogen and oxygen atoms in total. The Morgan fingerprint density at radius 1 is 1.16 bits per heavy atom. The number of carbonyl (C=O) groups excluding carboxylic acids is 1. The highest BCUT2D eigenvalue weighted by Crippen LogP contribution is 2.64. The van der Waals surface area contributed by atoms with Gasteiger partial charge in [-0.3, -0.25) is 4.79 Å². The Kier molecular flexibility index (Phi) is 3.87. The molecule has 2 fully saturated rings. The van der Waals surface area contributed by atoms with Gasteiger partial charge in [0.25, 0.3) is 0 Å². The minimum Gasteiger partial charge on any atom is -0.462 e. The monoisotopic (exact) mass is 339 g/mol. The molecule has 0 N–H and O–H groups in total. The van der Waals surface area contributed by atoms with Crippen LogP contribution < -0.4 is 0 Å². The number of hydrogen-bond donors (Lipinski definition) is 0. The maximum atomic E-state index is 11.3. The quantitative estimate of drug-likeness (QED) is 0.502. The van der Waals surface area contributed by atoms with Crippen LogP contribution in [0.4, 0.5) is 0 Å². The van der Waals surface area contributed by atoms with Gasteiger partial charge in [0.1, 0.15) is 6.10 Å². The molecule has 0 aromatic heterocycles. The highest BCUT2D eigenvalue weighted by atomic mass is 16.5. The summed E-state index contributed by atoms with van der Waals surface area (Å²) in [5.41, 5.74) is 2.93. The van der Waals surface area contributed by atoms with Crippen LogP contribution in [0.5, 0.6) is 0 Å². The van der Waals surface area contributed by atoms with Crippen LogP contribution in [-0.4, -0.2) is 12.1 Å². The van der Waals surface area contributed by atoms with Gasteiger partial charge >= 0.3 is 5.97 Å². The van der Waals surface area contributed by atoms with E-state index < -0.39 is 0 Å². The van der Waals surface area contributed by atoms with E-state index in [1.165, 1.54) is 18.9 Å². The fourth-order valence-electron chi connectivity index (χ4n) is 6.70. The molecule has 0 saturated heterocycles. The van der Waals surface area contributed by atoms with Crippen molar-refractivity contribution in [2.75, 3.05) is 0 Å². The zero-order chi connectivity index (χ0) is 17.8. The maximum Gasteiger partial charge on any atom is 0.302 e. The van der Waals surface area contributed by atoms with Gasteiger partial charge in [-0.15, -0.1) is 0 Å². The lowest BCUT2D eigenvalue weighted by atomic mass is 9.47. The summed E-state index contributed by atoms with van der Waals surface area (Å²) < 4.78 is 5.51. The highest BCUT2D eigenvalue weighted by molar-refractivity contribution is 5.66. The fraction of sp³-hybridized carbons (Fsp3) is 0.727. The molecule has 0 radical (unpaired) electrons. The summed E-state index contributed by atoms with van der Waals surface area (Å²) in [6.45, 7) is 6.30. The van der Waals surface area contributed by atoms with Gasteiger partial charge < -0.3 is 4.74 Å². The number of rotatable bonds is 1. The van der Waals surface area contributed by atoms with Crippen LogP contribution in [0, 0.1) is 39.9 Å². The molecule has 0 bridgehead atoms. The predicted molar refractivity (Wildman–Crippen MR) is 96.3 cm³/mol. The summed E-state index contributed by atoms with van der Waals surface area (Å²) >= 11 is 0. The fourth-order valence-corrected chi connectivity index (χ4v) is 6.70. The Bertz CT molecular complexity index is 699. The SMILES string of the molecule is CC(=O)O[C@H]1CC[C@@]2(C)C(=CC[C@H]3[C@H]2CC[C@]2(C)C(C#N)=CC[C@H]32)C1. The normalized spacial score (nSPS) is 45.2. The molecule has 4 aliphatic carbocycles. The van der Waals surface area contributed by atoms with Gasteiger partial charge in [0.2, 0.25) is 0 Å². The van der Waals surface area contributed by atoms with Gasteiger partial charge in [-0.25, -0.2) is 0 Å². The molecule has 0 aromatic carbocycles. The second-order valence-corrected chi connectivity index (χ2v) is 9.16. The van der Waals surface area contributed by atoms with Gasteiger partial charge in [-0.1, -0.05) is 31.6 Å². The number of carbonyl (C=O) groups is 1. The summed E-state index contributed by atoms with van der Waals surface area (Å²) in [5, 5.41) is 9.53. The molecule has 0 heterocycles. The first kappa shape index (κ1) is 16.9. The third kappa shape index (κ3) is 2.40. The van der Waals surface area contributed by atoms with Gasteiger partial charge in [-0.05, 0) is 61.7 Å². The number of nitrogens with zero attached hydrogens (tertiary/aromatic N) is 1. The van der Waals surface area contributed by atoms with E-state index in [9.17, 15) is 10.1 Å². The van der Waals surface area contributed by atoms with Crippen molar-refractivity contribution in [2.24, 2.45) is 28.6 Å². The number of hydrogen-bond acceptors (Lipinski definition) is 3. The van der Waals surface area contributed by atoms with Gasteiger partial charge in [0.15, 0.2) is 0 Å². The van der Waals surface area contributed by atoms with E-state index in [0.29, 0.717) is 11.8 Å². The van der Waals surface area contributed by atoms with Crippen LogP contribution in [0.2, 0.25) is 0 Å². The number of allylic oxidation sites excluding steroid dienone is 3. The van der Waals surface area contributed by atoms with Gasteiger partial charge in [0, 0.05) is 24.3 Å². The van der Waals surface area contributed by atoms with Crippen molar-refractivity contribution in [3.8, 4) is 6.07 Å². The molecule has 0 aliphatic heterocycles. The largest absolute Gasteiger partial charge is 0.462 e. The highest BCUT2D eigenvalue weighted by Gasteiger charge is 2.56. The number of nitriles is 1. The summed E-state index contributed by atoms with van der Waals surface area (Å²) in [6.07, 6.45) is 12.4. The van der Waals surface area contributed by atoms with E-state index in [0.717, 1.165) is 50.0 Å². The average Bonchev–Trinajstić information content (AvgIpc) is 2.91. The maximum absolute atomic E-state index is 11.3. The molecule has 2 saturated carbocycles. The third-order valence-electron chi connectivity index (χ3n) is 8.09. The zero-order valence-corrected chi connectivity index (χ0v) is 15.7. The van der Waals surface area contributed by atoms with Crippen molar-refractivity contribution in [1.82, 2.24) is 0 Å². The topological polar surface area (TPSA) is 50.1 Å². The molecule has 3 heteroatoms. The Labute approximate surface area is 151 Å². The third-order valence-corrected chi connectivity index (χ3v) is 8.09. The number of ether oxygens (including phenoxy) is 1. The molecule has 25 heavy (non-hydrogen) atoms. The first-order valence-corrected chi connectivity index (χ1v) is 9.86. The predicted octanol–water partition coefficient (Wildman–Crippen LogP) is 4.94. The molecule has 4 aliphatic rings. The molecule has 0 amide bonds. The van der Waals surface area contributed by atoms with Crippen LogP contribution in [-0.2, 0) is 9.53 Å². The standard InChI is InChI=1S/C22H29NO2/c1-14(24)25-17-8-10-21(2)15(12-17)4-6-18-19-7-5-16(13-23)22(19,3)11-9-20(18)21/h4-5,17-20H,6-12H2,1-3H3/t17-,18+,19+,20+,21-,22+/m0/s1. The van der Waals surface area contributed by atoms with Crippen molar-refractivity contribution in [2.45, 2.75) is 71.8 Å². The van der Waals surface area contributed by atoms with E-state index in [2.05, 4.69) is 32.1 Å². The van der Waals surface area contributed by atoms with Crippen molar-refractivity contribution in [3.05, 3.63) is 23.3 Å². The molecule has 4 rings (SSSR count). The minimum atomic E-state index is -0.155. The summed E-state index contributed by atoms with van der Waals surface area (Å²) in [7, 11) is 0. The minimum absolute atomic E-state index is 0.0700. The van der Waals surface area contributed by atoms with Crippen LogP contribution in [0.3, 0.4) is 0 Å². The zero-order valence-electron chi connectivity index (χ0n) is 15.7. The van der Waals surface area contributed by atoms with E-state index >= 15 is 0 Å². The van der Waals surface area contributed by atoms with Crippen LogP contribution in [0.15, 0.2) is 23.3 Å². The lowest BCUT2D eigenvalue weighted by Crippen LogP contribution is -2.50. The van der Waals surface area contributed by atoms with Crippen molar-refractivity contribution in [1.29, 1.82) is 5.26 Å². The summed E-state index contributed by atoms with van der Waals surface area (Å²) in [6, 6.07) is 2.49. The molecular weight excluding hydrogens is 310 g/mol. The molecule has 6 atom stereocenters. The average molecular weight is 339 g/mol. The smallest absolute Gasteiger partial charge is 0.302 e. The summed E-state index contributed by atoms with van der Waals surface area (Å²) in [4.78, 5) is 11.3. The lowest BCUT2D eigenvalue weighted by molar-refractivity contribution is -0.148. The van der Waals surface area contributed by atoms with Crippen LogP contribution in [0.1, 0.15) is 65.7 Å². The number of esters is 1. The Balaban J connectivity index is 1.59. The van der Waals surface area contributed by atoms with E-state index in [4.69, 9.17) is 4.74 Å². The molecule has 0 aromatic rings. The van der Waals surface area contributed by atoms with E-state index in [1.807, 2.05) is 0 Å². The van der Waals surface area contributed by atoms with Crippen molar-refractivity contribution < 1.29 is 9.53 Å². The lowest BCUT2D eigenvalue weighted by Gasteiger charge is -2.57. The second-order valence-electron chi connectivity index (χ2n) is 9.16. The molecule has 0 spiro atoms. The van der Waals surface area contributed by atoms with Crippen molar-refractivity contribution >= 4 is 5.97 Å². The molecule has 134 valence electrons. The second kappa shape index (κ2) is 5.73. The van der Waals surface area contributed by atoms with Crippen molar-refractivity contribution in [3.63, 3.8) is 0 Å². The van der Waals surface area contributed by atoms with Gasteiger partial charge in [0.05, 0.1) is 6.07 Å². The Morgan fingerprint density at radius 2 is 1.92 bits per heavy atom. The molecular formula is C22H29NO2. The van der Waals surface area contributed by atoms with E-state index in [-0.39, 0.29) is 22.9 Å². The Morgan fingerprint density at radius 3 is 2.64 bits per heavy atom. The van der Waals surface area contributed by atoms with Crippen LogP contribution >= 0.6 is 0 Å². The first-order chi connectivity index (χ1) is 11.9. The number of fused-ring (bicyclic) bond motifs is 5. The van der Waals surface area contributed by atoms with Crippen LogP contribution in [0.25, 0.3) is 0 Å². The van der Waals surface area contributed by atoms with Gasteiger partial charge in [-0.2, -0.15) is 5.26 Å². The first-order valence-electron chi connectivity index (χ1n) is 9.86. The van der Waals surface area contributed by atoms with E-state index in [1.54, 1.807) is 0 Å². The Hall–Kier alpha value is -1.56. The molecule has 0 unspecified atom stereocenters. The summed E-state index contributed by atoms with van der Waals surface area (Å²) in [5.74, 6) is 1.88.